The maximum absolute atomic E-state index is 10.8. The highest BCUT2D eigenvalue weighted by molar-refractivity contribution is 5.55. The van der Waals surface area contributed by atoms with Crippen molar-refractivity contribution in [3.05, 3.63) is 27.8 Å². The largest absolute Gasteiger partial charge is 0.507 e. The van der Waals surface area contributed by atoms with Gasteiger partial charge in [-0.2, -0.15) is 0 Å². The van der Waals surface area contributed by atoms with E-state index < -0.39 is 0 Å². The third-order valence-electron chi connectivity index (χ3n) is 4.37. The molecule has 1 nitrogen and oxygen atoms in total. The summed E-state index contributed by atoms with van der Waals surface area (Å²) in [5.74, 6) is 0.610. The van der Waals surface area contributed by atoms with Crippen molar-refractivity contribution in [3.63, 3.8) is 0 Å². The summed E-state index contributed by atoms with van der Waals surface area (Å²) < 4.78 is 0. The van der Waals surface area contributed by atoms with Crippen molar-refractivity contribution >= 4 is 0 Å². The van der Waals surface area contributed by atoms with E-state index in [2.05, 4.69) is 34.6 Å². The average Bonchev–Trinajstić information content (AvgIpc) is 2.46. The number of aromatic hydroxyl groups is 1. The second kappa shape index (κ2) is 8.34. The quantitative estimate of drug-likeness (QED) is 0.676. The van der Waals surface area contributed by atoms with E-state index in [4.69, 9.17) is 0 Å². The molecule has 114 valence electrons. The van der Waals surface area contributed by atoms with Crippen LogP contribution in [0.15, 0.2) is 0 Å². The number of unbranched alkanes of at least 4 members (excludes halogenated alkanes) is 1. The molecule has 0 unspecified atom stereocenters. The number of hydrogen-bond donors (Lipinski definition) is 1. The van der Waals surface area contributed by atoms with E-state index >= 15 is 0 Å². The molecular weight excluding hydrogens is 244 g/mol. The summed E-state index contributed by atoms with van der Waals surface area (Å²) in [5, 5.41) is 10.8. The van der Waals surface area contributed by atoms with Gasteiger partial charge in [-0.05, 0) is 66.3 Å². The number of phenolic OH excluding ortho intramolecular Hbond substituents is 1. The van der Waals surface area contributed by atoms with Gasteiger partial charge in [0.1, 0.15) is 5.75 Å². The topological polar surface area (TPSA) is 20.2 Å². The Morgan fingerprint density at radius 2 is 1.15 bits per heavy atom. The Morgan fingerprint density at radius 3 is 1.60 bits per heavy atom. The summed E-state index contributed by atoms with van der Waals surface area (Å²) in [5.41, 5.74) is 6.84. The van der Waals surface area contributed by atoms with Crippen LogP contribution in [0.2, 0.25) is 0 Å². The number of benzene rings is 1. The van der Waals surface area contributed by atoms with E-state index in [0.29, 0.717) is 5.75 Å². The Kier molecular flexibility index (Phi) is 7.12. The molecule has 1 heteroatoms. The fourth-order valence-electron chi connectivity index (χ4n) is 3.42. The number of rotatable bonds is 8. The molecule has 1 rings (SSSR count). The van der Waals surface area contributed by atoms with Gasteiger partial charge >= 0.3 is 0 Å². The van der Waals surface area contributed by atoms with Crippen LogP contribution in [-0.2, 0) is 32.1 Å². The first kappa shape index (κ1) is 17.1. The molecule has 1 N–H and O–H groups in total. The average molecular weight is 276 g/mol. The van der Waals surface area contributed by atoms with Crippen molar-refractivity contribution in [2.75, 3.05) is 0 Å². The van der Waals surface area contributed by atoms with Gasteiger partial charge in [-0.3, -0.25) is 0 Å². The highest BCUT2D eigenvalue weighted by Crippen LogP contribution is 2.36. The van der Waals surface area contributed by atoms with Crippen LogP contribution in [0, 0.1) is 0 Å². The van der Waals surface area contributed by atoms with Crippen molar-refractivity contribution < 1.29 is 5.11 Å². The van der Waals surface area contributed by atoms with Crippen LogP contribution in [-0.4, -0.2) is 5.11 Å². The lowest BCUT2D eigenvalue weighted by atomic mass is 9.83. The summed E-state index contributed by atoms with van der Waals surface area (Å²) in [6.07, 6.45) is 8.70. The molecule has 0 atom stereocenters. The molecule has 0 aliphatic rings. The minimum atomic E-state index is 0.610. The Bertz CT molecular complexity index is 432. The first-order chi connectivity index (χ1) is 9.65. The van der Waals surface area contributed by atoms with E-state index in [1.165, 1.54) is 40.7 Å². The summed E-state index contributed by atoms with van der Waals surface area (Å²) in [6, 6.07) is 0. The zero-order valence-electron chi connectivity index (χ0n) is 14.1. The fourth-order valence-corrected chi connectivity index (χ4v) is 3.42. The third kappa shape index (κ3) is 3.37. The predicted octanol–water partition coefficient (Wildman–Crippen LogP) is 5.37. The zero-order valence-corrected chi connectivity index (χ0v) is 14.1. The van der Waals surface area contributed by atoms with Gasteiger partial charge in [0, 0.05) is 0 Å². The highest BCUT2D eigenvalue weighted by Gasteiger charge is 2.19. The molecule has 0 aliphatic heterocycles. The van der Waals surface area contributed by atoms with Crippen LogP contribution in [0.4, 0.5) is 0 Å². The van der Waals surface area contributed by atoms with E-state index in [0.717, 1.165) is 38.5 Å². The molecule has 0 spiro atoms. The monoisotopic (exact) mass is 276 g/mol. The molecule has 0 saturated heterocycles. The predicted molar refractivity (Wildman–Crippen MR) is 88.8 cm³/mol. The fraction of sp³-hybridized carbons (Fsp3) is 0.684. The van der Waals surface area contributed by atoms with Crippen LogP contribution in [0.1, 0.15) is 81.7 Å². The van der Waals surface area contributed by atoms with Crippen LogP contribution >= 0.6 is 0 Å². The van der Waals surface area contributed by atoms with Gasteiger partial charge < -0.3 is 5.11 Å². The van der Waals surface area contributed by atoms with Gasteiger partial charge in [-0.15, -0.1) is 0 Å². The summed E-state index contributed by atoms with van der Waals surface area (Å²) in [7, 11) is 0. The molecule has 0 aromatic heterocycles. The molecule has 1 aromatic carbocycles. The van der Waals surface area contributed by atoms with Crippen molar-refractivity contribution in [1.29, 1.82) is 0 Å². The smallest absolute Gasteiger partial charge is 0.122 e. The maximum Gasteiger partial charge on any atom is 0.122 e. The van der Waals surface area contributed by atoms with Crippen molar-refractivity contribution in [2.45, 2.75) is 86.0 Å². The van der Waals surface area contributed by atoms with E-state index in [-0.39, 0.29) is 0 Å². The van der Waals surface area contributed by atoms with Crippen LogP contribution in [0.3, 0.4) is 0 Å². The van der Waals surface area contributed by atoms with Crippen molar-refractivity contribution in [3.8, 4) is 5.75 Å². The summed E-state index contributed by atoms with van der Waals surface area (Å²) >= 11 is 0. The van der Waals surface area contributed by atoms with E-state index in [1.807, 2.05) is 0 Å². The first-order valence-corrected chi connectivity index (χ1v) is 8.53. The molecule has 0 saturated carbocycles. The van der Waals surface area contributed by atoms with Gasteiger partial charge in [0.15, 0.2) is 0 Å². The Morgan fingerprint density at radius 1 is 0.600 bits per heavy atom. The Hall–Kier alpha value is -0.980. The van der Waals surface area contributed by atoms with Gasteiger partial charge in [0.2, 0.25) is 0 Å². The number of phenols is 1. The van der Waals surface area contributed by atoms with Crippen molar-refractivity contribution in [1.82, 2.24) is 0 Å². The minimum Gasteiger partial charge on any atom is -0.507 e. The third-order valence-corrected chi connectivity index (χ3v) is 4.37. The summed E-state index contributed by atoms with van der Waals surface area (Å²) in [4.78, 5) is 0. The first-order valence-electron chi connectivity index (χ1n) is 8.53. The van der Waals surface area contributed by atoms with E-state index in [9.17, 15) is 5.11 Å². The molecular formula is C19H32O. The van der Waals surface area contributed by atoms with Crippen molar-refractivity contribution in [2.24, 2.45) is 0 Å². The standard InChI is InChI=1S/C19H32O/c1-6-11-13-18-17(12-7-2)15(9-4)14(8-3)16(10-5)19(18)20/h20H,6-13H2,1-5H3. The van der Waals surface area contributed by atoms with Gasteiger partial charge in [0.05, 0.1) is 0 Å². The molecule has 0 radical (unpaired) electrons. The van der Waals surface area contributed by atoms with Crippen LogP contribution in [0.5, 0.6) is 5.75 Å². The van der Waals surface area contributed by atoms with Crippen LogP contribution < -0.4 is 0 Å². The molecule has 0 fully saturated rings. The SMILES string of the molecule is CCCCc1c(O)c(CC)c(CC)c(CC)c1CCC. The highest BCUT2D eigenvalue weighted by atomic mass is 16.3. The minimum absolute atomic E-state index is 0.610. The normalized spacial score (nSPS) is 11.1. The Labute approximate surface area is 125 Å². The molecule has 0 bridgehead atoms. The second-order valence-corrected chi connectivity index (χ2v) is 5.66. The Balaban J connectivity index is 3.53. The van der Waals surface area contributed by atoms with E-state index in [1.54, 1.807) is 0 Å². The van der Waals surface area contributed by atoms with Crippen LogP contribution in [0.25, 0.3) is 0 Å². The maximum atomic E-state index is 10.8. The second-order valence-electron chi connectivity index (χ2n) is 5.66. The zero-order chi connectivity index (χ0) is 15.1. The molecule has 20 heavy (non-hydrogen) atoms. The summed E-state index contributed by atoms with van der Waals surface area (Å²) in [6.45, 7) is 11.1. The molecule has 0 heterocycles. The molecule has 0 aliphatic carbocycles. The van der Waals surface area contributed by atoms with Gasteiger partial charge in [0.25, 0.3) is 0 Å². The molecule has 0 amide bonds. The lowest BCUT2D eigenvalue weighted by Gasteiger charge is -2.23. The lowest BCUT2D eigenvalue weighted by Crippen LogP contribution is -2.08. The van der Waals surface area contributed by atoms with Gasteiger partial charge in [-0.1, -0.05) is 47.5 Å². The molecule has 1 aromatic rings. The lowest BCUT2D eigenvalue weighted by molar-refractivity contribution is 0.457. The number of hydrogen-bond acceptors (Lipinski definition) is 1. The van der Waals surface area contributed by atoms with Gasteiger partial charge in [-0.25, -0.2) is 0 Å².